The molecule has 0 amide bonds. The van der Waals surface area contributed by atoms with E-state index >= 15 is 0 Å². The van der Waals surface area contributed by atoms with Crippen LogP contribution >= 0.6 is 0 Å². The quantitative estimate of drug-likeness (QED) is 0.480. The smallest absolute Gasteiger partial charge is 0.330 e. The van der Waals surface area contributed by atoms with Gasteiger partial charge in [-0.15, -0.1) is 0 Å². The summed E-state index contributed by atoms with van der Waals surface area (Å²) in [5.41, 5.74) is 0.0907. The van der Waals surface area contributed by atoms with Gasteiger partial charge in [-0.1, -0.05) is 19.9 Å². The zero-order valence-electron chi connectivity index (χ0n) is 8.04. The second-order valence-corrected chi connectivity index (χ2v) is 3.55. The molecule has 3 heteroatoms. The maximum atomic E-state index is 10.8. The van der Waals surface area contributed by atoms with E-state index in [9.17, 15) is 4.79 Å². The van der Waals surface area contributed by atoms with Crippen molar-refractivity contribution < 1.29 is 14.3 Å². The van der Waals surface area contributed by atoms with Crippen LogP contribution in [0.4, 0.5) is 0 Å². The molecule has 0 spiro atoms. The van der Waals surface area contributed by atoms with Crippen molar-refractivity contribution in [2.45, 2.75) is 19.8 Å². The summed E-state index contributed by atoms with van der Waals surface area (Å²) in [6.45, 7) is 7.36. The molecule has 3 nitrogen and oxygen atoms in total. The van der Waals surface area contributed by atoms with Crippen LogP contribution in [0.3, 0.4) is 0 Å². The second kappa shape index (κ2) is 4.42. The van der Waals surface area contributed by atoms with Gasteiger partial charge >= 0.3 is 5.97 Å². The maximum absolute atomic E-state index is 10.8. The molecule has 0 bridgehead atoms. The van der Waals surface area contributed by atoms with E-state index in [-0.39, 0.29) is 11.4 Å². The average Bonchev–Trinajstić information content (AvgIpc) is 2.09. The summed E-state index contributed by atoms with van der Waals surface area (Å²) >= 11 is 0. The van der Waals surface area contributed by atoms with Gasteiger partial charge in [0.2, 0.25) is 0 Å². The zero-order valence-corrected chi connectivity index (χ0v) is 8.04. The van der Waals surface area contributed by atoms with Gasteiger partial charge in [-0.3, -0.25) is 0 Å². The molecule has 74 valence electrons. The lowest BCUT2D eigenvalue weighted by Crippen LogP contribution is -2.46. The minimum atomic E-state index is -0.345. The van der Waals surface area contributed by atoms with Gasteiger partial charge in [0, 0.05) is 6.08 Å². The number of esters is 1. The number of rotatable bonds is 5. The molecule has 0 aliphatic carbocycles. The summed E-state index contributed by atoms with van der Waals surface area (Å²) in [4.78, 5) is 10.8. The lowest BCUT2D eigenvalue weighted by molar-refractivity contribution is -0.167. The molecule has 1 saturated heterocycles. The summed E-state index contributed by atoms with van der Waals surface area (Å²) in [5.74, 6) is -0.345. The highest BCUT2D eigenvalue weighted by Crippen LogP contribution is 2.32. The molecule has 0 unspecified atom stereocenters. The Hall–Kier alpha value is -0.830. The van der Waals surface area contributed by atoms with Crippen molar-refractivity contribution in [1.82, 2.24) is 0 Å². The third-order valence-corrected chi connectivity index (χ3v) is 2.28. The highest BCUT2D eigenvalue weighted by Gasteiger charge is 2.38. The standard InChI is InChI=1S/C10H16O3/c1-3-5-10(6-12-7-10)8-13-9(11)4-2/h4H,2-3,5-8H2,1H3. The van der Waals surface area contributed by atoms with Gasteiger partial charge in [0.1, 0.15) is 6.61 Å². The molecule has 1 aliphatic heterocycles. The van der Waals surface area contributed by atoms with Crippen molar-refractivity contribution in [2.24, 2.45) is 5.41 Å². The SMILES string of the molecule is C=CC(=O)OCC1(CCC)COC1. The lowest BCUT2D eigenvalue weighted by Gasteiger charge is -2.40. The van der Waals surface area contributed by atoms with Gasteiger partial charge in [0.25, 0.3) is 0 Å². The number of carbonyl (C=O) groups excluding carboxylic acids is 1. The molecule has 1 fully saturated rings. The van der Waals surface area contributed by atoms with Gasteiger partial charge < -0.3 is 9.47 Å². The third-order valence-electron chi connectivity index (χ3n) is 2.28. The lowest BCUT2D eigenvalue weighted by atomic mass is 9.82. The van der Waals surface area contributed by atoms with Crippen molar-refractivity contribution in [1.29, 1.82) is 0 Å². The van der Waals surface area contributed by atoms with E-state index in [1.807, 2.05) is 0 Å². The van der Waals surface area contributed by atoms with Crippen LogP contribution in [0.2, 0.25) is 0 Å². The van der Waals surface area contributed by atoms with E-state index in [1.165, 1.54) is 6.08 Å². The summed E-state index contributed by atoms with van der Waals surface area (Å²) in [6, 6.07) is 0. The predicted molar refractivity (Wildman–Crippen MR) is 49.3 cm³/mol. The summed E-state index contributed by atoms with van der Waals surface area (Å²) in [7, 11) is 0. The maximum Gasteiger partial charge on any atom is 0.330 e. The normalized spacial score (nSPS) is 18.8. The number of ether oxygens (including phenoxy) is 2. The summed E-state index contributed by atoms with van der Waals surface area (Å²) in [5, 5.41) is 0. The topological polar surface area (TPSA) is 35.5 Å². The van der Waals surface area contributed by atoms with Gasteiger partial charge in [0.15, 0.2) is 0 Å². The third kappa shape index (κ3) is 2.56. The molecule has 1 aliphatic rings. The Kier molecular flexibility index (Phi) is 3.48. The predicted octanol–water partition coefficient (Wildman–Crippen LogP) is 1.53. The van der Waals surface area contributed by atoms with Crippen molar-refractivity contribution >= 4 is 5.97 Å². The Bertz CT molecular complexity index is 194. The highest BCUT2D eigenvalue weighted by molar-refractivity contribution is 5.81. The highest BCUT2D eigenvalue weighted by atomic mass is 16.5. The Balaban J connectivity index is 2.31. The number of carbonyl (C=O) groups is 1. The molecule has 0 N–H and O–H groups in total. The van der Waals surface area contributed by atoms with E-state index in [2.05, 4.69) is 13.5 Å². The van der Waals surface area contributed by atoms with Crippen LogP contribution in [0, 0.1) is 5.41 Å². The molecule has 1 heterocycles. The fraction of sp³-hybridized carbons (Fsp3) is 0.700. The van der Waals surface area contributed by atoms with Gasteiger partial charge in [-0.2, -0.15) is 0 Å². The number of hydrogen-bond donors (Lipinski definition) is 0. The van der Waals surface area contributed by atoms with E-state index in [4.69, 9.17) is 9.47 Å². The first-order valence-electron chi connectivity index (χ1n) is 4.59. The number of hydrogen-bond acceptors (Lipinski definition) is 3. The largest absolute Gasteiger partial charge is 0.462 e. The van der Waals surface area contributed by atoms with Crippen molar-refractivity contribution in [3.8, 4) is 0 Å². The summed E-state index contributed by atoms with van der Waals surface area (Å²) < 4.78 is 10.2. The van der Waals surface area contributed by atoms with Crippen molar-refractivity contribution in [3.05, 3.63) is 12.7 Å². The molecular formula is C10H16O3. The Labute approximate surface area is 78.7 Å². The minimum Gasteiger partial charge on any atom is -0.462 e. The Morgan fingerprint density at radius 3 is 2.77 bits per heavy atom. The average molecular weight is 184 g/mol. The van der Waals surface area contributed by atoms with Crippen LogP contribution < -0.4 is 0 Å². The fourth-order valence-electron chi connectivity index (χ4n) is 1.50. The molecule has 1 rings (SSSR count). The molecular weight excluding hydrogens is 168 g/mol. The molecule has 0 atom stereocenters. The summed E-state index contributed by atoms with van der Waals surface area (Å²) in [6.07, 6.45) is 3.34. The minimum absolute atomic E-state index is 0.0907. The molecule has 0 saturated carbocycles. The first kappa shape index (κ1) is 10.3. The van der Waals surface area contributed by atoms with Crippen LogP contribution in [0.15, 0.2) is 12.7 Å². The zero-order chi connectivity index (χ0) is 9.73. The Morgan fingerprint density at radius 2 is 2.38 bits per heavy atom. The van der Waals surface area contributed by atoms with E-state index in [1.54, 1.807) is 0 Å². The molecule has 0 radical (unpaired) electrons. The van der Waals surface area contributed by atoms with Crippen LogP contribution in [0.25, 0.3) is 0 Å². The van der Waals surface area contributed by atoms with E-state index < -0.39 is 0 Å². The van der Waals surface area contributed by atoms with Gasteiger partial charge in [0.05, 0.1) is 18.6 Å². The first-order chi connectivity index (χ1) is 6.22. The van der Waals surface area contributed by atoms with Gasteiger partial charge in [-0.25, -0.2) is 4.79 Å². The van der Waals surface area contributed by atoms with Crippen molar-refractivity contribution in [2.75, 3.05) is 19.8 Å². The van der Waals surface area contributed by atoms with Crippen LogP contribution in [0.5, 0.6) is 0 Å². The van der Waals surface area contributed by atoms with Crippen LogP contribution in [-0.4, -0.2) is 25.8 Å². The first-order valence-corrected chi connectivity index (χ1v) is 4.59. The molecule has 0 aromatic heterocycles. The fourth-order valence-corrected chi connectivity index (χ4v) is 1.50. The molecule has 0 aromatic carbocycles. The van der Waals surface area contributed by atoms with Gasteiger partial charge in [-0.05, 0) is 6.42 Å². The Morgan fingerprint density at radius 1 is 1.69 bits per heavy atom. The van der Waals surface area contributed by atoms with E-state index in [0.29, 0.717) is 19.8 Å². The van der Waals surface area contributed by atoms with Crippen LogP contribution in [0.1, 0.15) is 19.8 Å². The monoisotopic (exact) mass is 184 g/mol. The second-order valence-electron chi connectivity index (χ2n) is 3.55. The molecule has 13 heavy (non-hydrogen) atoms. The van der Waals surface area contributed by atoms with Crippen molar-refractivity contribution in [3.63, 3.8) is 0 Å². The molecule has 0 aromatic rings. The van der Waals surface area contributed by atoms with E-state index in [0.717, 1.165) is 12.8 Å². The van der Waals surface area contributed by atoms with Crippen LogP contribution in [-0.2, 0) is 14.3 Å².